The second-order valence-corrected chi connectivity index (χ2v) is 6.77. The number of hydrogen-bond donors (Lipinski definition) is 0. The van der Waals surface area contributed by atoms with Crippen LogP contribution in [0.2, 0.25) is 0 Å². The number of halogens is 1. The van der Waals surface area contributed by atoms with E-state index < -0.39 is 0 Å². The third kappa shape index (κ3) is 2.97. The standard InChI is InChI=1S/C16H21BrO2/c1-12-4-5-15(14(17)10-12)18-11-13-6-9-16(19-13)7-2-3-8-16/h4-5,10,13H,2-3,6-9,11H2,1H3. The Labute approximate surface area is 123 Å². The average molecular weight is 325 g/mol. The van der Waals surface area contributed by atoms with E-state index in [4.69, 9.17) is 9.47 Å². The van der Waals surface area contributed by atoms with Crippen LogP contribution in [0, 0.1) is 6.92 Å². The first-order chi connectivity index (χ1) is 9.17. The monoisotopic (exact) mass is 324 g/mol. The van der Waals surface area contributed by atoms with Crippen LogP contribution in [-0.4, -0.2) is 18.3 Å². The third-order valence-electron chi connectivity index (χ3n) is 4.37. The van der Waals surface area contributed by atoms with E-state index in [1.165, 1.54) is 37.7 Å². The van der Waals surface area contributed by atoms with Crippen molar-refractivity contribution < 1.29 is 9.47 Å². The van der Waals surface area contributed by atoms with Crippen molar-refractivity contribution in [1.29, 1.82) is 0 Å². The molecule has 1 aliphatic heterocycles. The second kappa shape index (κ2) is 5.45. The van der Waals surface area contributed by atoms with E-state index in [2.05, 4.69) is 35.0 Å². The van der Waals surface area contributed by atoms with Crippen LogP contribution in [0.5, 0.6) is 5.75 Å². The van der Waals surface area contributed by atoms with Gasteiger partial charge in [-0.2, -0.15) is 0 Å². The number of aryl methyl sites for hydroxylation is 1. The lowest BCUT2D eigenvalue weighted by atomic mass is 9.98. The van der Waals surface area contributed by atoms with Crippen LogP contribution in [0.1, 0.15) is 44.1 Å². The molecule has 0 bridgehead atoms. The lowest BCUT2D eigenvalue weighted by Gasteiger charge is -2.23. The molecule has 1 atom stereocenters. The van der Waals surface area contributed by atoms with E-state index in [1.54, 1.807) is 0 Å². The van der Waals surface area contributed by atoms with Crippen LogP contribution in [0.3, 0.4) is 0 Å². The lowest BCUT2D eigenvalue weighted by molar-refractivity contribution is -0.0509. The maximum atomic E-state index is 6.25. The molecular weight excluding hydrogens is 304 g/mol. The molecule has 2 fully saturated rings. The normalized spacial score (nSPS) is 25.1. The van der Waals surface area contributed by atoms with Gasteiger partial charge in [0.2, 0.25) is 0 Å². The summed E-state index contributed by atoms with van der Waals surface area (Å²) in [5, 5.41) is 0. The highest BCUT2D eigenvalue weighted by atomic mass is 79.9. The molecule has 1 saturated heterocycles. The molecule has 1 saturated carbocycles. The van der Waals surface area contributed by atoms with Gasteiger partial charge in [-0.05, 0) is 66.2 Å². The van der Waals surface area contributed by atoms with Crippen molar-refractivity contribution in [3.63, 3.8) is 0 Å². The van der Waals surface area contributed by atoms with Gasteiger partial charge < -0.3 is 9.47 Å². The van der Waals surface area contributed by atoms with Gasteiger partial charge in [0.1, 0.15) is 12.4 Å². The smallest absolute Gasteiger partial charge is 0.133 e. The summed E-state index contributed by atoms with van der Waals surface area (Å²) in [5.74, 6) is 0.918. The first-order valence-corrected chi connectivity index (χ1v) is 8.03. The molecule has 1 heterocycles. The Morgan fingerprint density at radius 1 is 1.32 bits per heavy atom. The Bertz CT molecular complexity index is 452. The molecule has 0 N–H and O–H groups in total. The lowest BCUT2D eigenvalue weighted by Crippen LogP contribution is -2.27. The minimum atomic E-state index is 0.207. The van der Waals surface area contributed by atoms with E-state index in [9.17, 15) is 0 Å². The van der Waals surface area contributed by atoms with E-state index in [-0.39, 0.29) is 11.7 Å². The Morgan fingerprint density at radius 2 is 2.11 bits per heavy atom. The zero-order chi connectivity index (χ0) is 13.3. The molecule has 0 amide bonds. The second-order valence-electron chi connectivity index (χ2n) is 5.91. The van der Waals surface area contributed by atoms with Gasteiger partial charge in [-0.1, -0.05) is 18.9 Å². The van der Waals surface area contributed by atoms with Gasteiger partial charge in [-0.3, -0.25) is 0 Å². The van der Waals surface area contributed by atoms with Gasteiger partial charge in [0, 0.05) is 0 Å². The zero-order valence-corrected chi connectivity index (χ0v) is 13.0. The Morgan fingerprint density at radius 3 is 2.84 bits per heavy atom. The molecule has 1 aliphatic carbocycles. The third-order valence-corrected chi connectivity index (χ3v) is 4.99. The Balaban J connectivity index is 1.55. The molecule has 19 heavy (non-hydrogen) atoms. The van der Waals surface area contributed by atoms with Gasteiger partial charge in [0.05, 0.1) is 16.2 Å². The highest BCUT2D eigenvalue weighted by Gasteiger charge is 2.42. The van der Waals surface area contributed by atoms with E-state index in [1.807, 2.05) is 6.07 Å². The number of ether oxygens (including phenoxy) is 2. The summed E-state index contributed by atoms with van der Waals surface area (Å²) in [7, 11) is 0. The maximum Gasteiger partial charge on any atom is 0.133 e. The average Bonchev–Trinajstić information content (AvgIpc) is 2.99. The van der Waals surface area contributed by atoms with E-state index in [0.29, 0.717) is 6.61 Å². The minimum Gasteiger partial charge on any atom is -0.490 e. The highest BCUT2D eigenvalue weighted by Crippen LogP contribution is 2.43. The van der Waals surface area contributed by atoms with Gasteiger partial charge in [-0.25, -0.2) is 0 Å². The van der Waals surface area contributed by atoms with E-state index in [0.717, 1.165) is 16.6 Å². The quantitative estimate of drug-likeness (QED) is 0.807. The van der Waals surface area contributed by atoms with Crippen LogP contribution in [-0.2, 0) is 4.74 Å². The molecule has 104 valence electrons. The molecule has 0 radical (unpaired) electrons. The van der Waals surface area contributed by atoms with Crippen LogP contribution in [0.25, 0.3) is 0 Å². The Hall–Kier alpha value is -0.540. The fraction of sp³-hybridized carbons (Fsp3) is 0.625. The fourth-order valence-electron chi connectivity index (χ4n) is 3.31. The largest absolute Gasteiger partial charge is 0.490 e. The molecule has 0 aromatic heterocycles. The zero-order valence-electron chi connectivity index (χ0n) is 11.5. The fourth-order valence-corrected chi connectivity index (χ4v) is 3.91. The van der Waals surface area contributed by atoms with Crippen molar-refractivity contribution in [3.8, 4) is 5.75 Å². The van der Waals surface area contributed by atoms with Crippen LogP contribution in [0.4, 0.5) is 0 Å². The summed E-state index contributed by atoms with van der Waals surface area (Å²) in [6.07, 6.45) is 7.79. The van der Waals surface area contributed by atoms with Crippen molar-refractivity contribution in [2.45, 2.75) is 57.2 Å². The van der Waals surface area contributed by atoms with Gasteiger partial charge in [0.25, 0.3) is 0 Å². The molecule has 3 rings (SSSR count). The van der Waals surface area contributed by atoms with Crippen molar-refractivity contribution in [2.75, 3.05) is 6.61 Å². The van der Waals surface area contributed by atoms with Crippen LogP contribution < -0.4 is 4.74 Å². The summed E-state index contributed by atoms with van der Waals surface area (Å²) in [5.41, 5.74) is 1.44. The molecule has 1 aromatic carbocycles. The molecule has 1 spiro atoms. The first kappa shape index (κ1) is 13.4. The van der Waals surface area contributed by atoms with Gasteiger partial charge in [-0.15, -0.1) is 0 Å². The van der Waals surface area contributed by atoms with E-state index >= 15 is 0 Å². The summed E-state index contributed by atoms with van der Waals surface area (Å²) < 4.78 is 13.2. The highest BCUT2D eigenvalue weighted by molar-refractivity contribution is 9.10. The summed E-state index contributed by atoms with van der Waals surface area (Å²) in [4.78, 5) is 0. The van der Waals surface area contributed by atoms with Crippen molar-refractivity contribution >= 4 is 15.9 Å². The molecule has 1 aromatic rings. The van der Waals surface area contributed by atoms with Gasteiger partial charge >= 0.3 is 0 Å². The minimum absolute atomic E-state index is 0.207. The maximum absolute atomic E-state index is 6.25. The molecule has 3 heteroatoms. The molecule has 2 nitrogen and oxygen atoms in total. The predicted octanol–water partition coefficient (Wildman–Crippen LogP) is 4.63. The topological polar surface area (TPSA) is 18.5 Å². The van der Waals surface area contributed by atoms with Crippen LogP contribution >= 0.6 is 15.9 Å². The molecular formula is C16H21BrO2. The summed E-state index contributed by atoms with van der Waals surface area (Å²) in [6, 6.07) is 6.19. The molecule has 1 unspecified atom stereocenters. The first-order valence-electron chi connectivity index (χ1n) is 7.24. The number of benzene rings is 1. The summed E-state index contributed by atoms with van der Waals surface area (Å²) >= 11 is 3.55. The van der Waals surface area contributed by atoms with Gasteiger partial charge in [0.15, 0.2) is 0 Å². The predicted molar refractivity (Wildman–Crippen MR) is 79.7 cm³/mol. The Kier molecular flexibility index (Phi) is 3.86. The van der Waals surface area contributed by atoms with Crippen molar-refractivity contribution in [1.82, 2.24) is 0 Å². The SMILES string of the molecule is Cc1ccc(OCC2CCC3(CCCC3)O2)c(Br)c1. The van der Waals surface area contributed by atoms with Crippen LogP contribution in [0.15, 0.2) is 22.7 Å². The van der Waals surface area contributed by atoms with Crippen molar-refractivity contribution in [3.05, 3.63) is 28.2 Å². The summed E-state index contributed by atoms with van der Waals surface area (Å²) in [6.45, 7) is 2.75. The van der Waals surface area contributed by atoms with Crippen molar-refractivity contribution in [2.24, 2.45) is 0 Å². The number of hydrogen-bond acceptors (Lipinski definition) is 2. The number of rotatable bonds is 3. The molecule has 2 aliphatic rings.